The molecule has 5 heteroatoms. The molecule has 0 aliphatic carbocycles. The summed E-state index contributed by atoms with van der Waals surface area (Å²) < 4.78 is 5.56. The lowest BCUT2D eigenvalue weighted by Crippen LogP contribution is -2.24. The van der Waals surface area contributed by atoms with Crippen LogP contribution in [0.5, 0.6) is 0 Å². The van der Waals surface area contributed by atoms with Crippen LogP contribution in [0.2, 0.25) is 0 Å². The minimum atomic E-state index is 0.0372. The van der Waals surface area contributed by atoms with E-state index in [1.165, 1.54) is 0 Å². The molecule has 0 spiro atoms. The molecule has 4 rings (SSSR count). The number of ether oxygens (including phenoxy) is 1. The van der Waals surface area contributed by atoms with E-state index in [1.54, 1.807) is 11.1 Å². The van der Waals surface area contributed by atoms with Gasteiger partial charge in [0.2, 0.25) is 0 Å². The van der Waals surface area contributed by atoms with Crippen molar-refractivity contribution in [2.75, 3.05) is 31.7 Å². The number of amides is 1. The van der Waals surface area contributed by atoms with Gasteiger partial charge in [-0.15, -0.1) is 0 Å². The number of fused-ring (bicyclic) bond motifs is 1. The number of carbonyl (C=O) groups is 1. The highest BCUT2D eigenvalue weighted by Crippen LogP contribution is 2.44. The molecule has 2 aliphatic rings. The van der Waals surface area contributed by atoms with Gasteiger partial charge in [0.25, 0.3) is 5.91 Å². The van der Waals surface area contributed by atoms with Crippen LogP contribution >= 0.6 is 0 Å². The van der Waals surface area contributed by atoms with Gasteiger partial charge in [0, 0.05) is 37.5 Å². The average Bonchev–Trinajstić information content (AvgIpc) is 2.77. The van der Waals surface area contributed by atoms with Gasteiger partial charge in [-0.2, -0.15) is 0 Å². The SMILES string of the molecule is CCOCCN1c2cccc3c2C(=Cc2cccnc21)N(C)C3=O. The van der Waals surface area contributed by atoms with Crippen molar-refractivity contribution in [3.05, 3.63) is 53.2 Å². The third kappa shape index (κ3) is 2.12. The second kappa shape index (κ2) is 5.76. The number of aromatic nitrogens is 1. The Bertz CT molecular complexity index is 844. The van der Waals surface area contributed by atoms with E-state index in [0.717, 1.165) is 33.9 Å². The summed E-state index contributed by atoms with van der Waals surface area (Å²) >= 11 is 0. The van der Waals surface area contributed by atoms with Crippen molar-refractivity contribution in [1.82, 2.24) is 9.88 Å². The summed E-state index contributed by atoms with van der Waals surface area (Å²) in [6.07, 6.45) is 3.85. The lowest BCUT2D eigenvalue weighted by molar-refractivity contribution is 0.0875. The molecule has 0 radical (unpaired) electrons. The molecule has 0 saturated carbocycles. The zero-order chi connectivity index (χ0) is 16.7. The van der Waals surface area contributed by atoms with Gasteiger partial charge in [0.15, 0.2) is 0 Å². The highest BCUT2D eigenvalue weighted by atomic mass is 16.5. The fraction of sp³-hybridized carbons (Fsp3) is 0.263. The molecule has 1 aromatic heterocycles. The summed E-state index contributed by atoms with van der Waals surface area (Å²) in [5, 5.41) is 0. The molecule has 0 atom stereocenters. The van der Waals surface area contributed by atoms with Gasteiger partial charge < -0.3 is 14.5 Å². The smallest absolute Gasteiger partial charge is 0.258 e. The fourth-order valence-corrected chi connectivity index (χ4v) is 3.37. The van der Waals surface area contributed by atoms with E-state index in [2.05, 4.69) is 22.0 Å². The molecule has 0 saturated heterocycles. The molecule has 5 nitrogen and oxygen atoms in total. The molecule has 24 heavy (non-hydrogen) atoms. The Kier molecular flexibility index (Phi) is 3.58. The fourth-order valence-electron chi connectivity index (χ4n) is 3.37. The van der Waals surface area contributed by atoms with E-state index >= 15 is 0 Å². The quantitative estimate of drug-likeness (QED) is 0.812. The summed E-state index contributed by atoms with van der Waals surface area (Å²) in [7, 11) is 1.82. The Balaban J connectivity index is 1.93. The third-order valence-electron chi connectivity index (χ3n) is 4.51. The topological polar surface area (TPSA) is 45.7 Å². The van der Waals surface area contributed by atoms with Crippen LogP contribution in [-0.2, 0) is 4.74 Å². The first-order chi connectivity index (χ1) is 11.7. The lowest BCUT2D eigenvalue weighted by atomic mass is 10.0. The van der Waals surface area contributed by atoms with Gasteiger partial charge in [-0.05, 0) is 37.3 Å². The molecule has 122 valence electrons. The highest BCUT2D eigenvalue weighted by molar-refractivity contribution is 6.15. The van der Waals surface area contributed by atoms with Gasteiger partial charge in [0.1, 0.15) is 5.82 Å². The first kappa shape index (κ1) is 14.9. The van der Waals surface area contributed by atoms with E-state index in [-0.39, 0.29) is 5.91 Å². The summed E-state index contributed by atoms with van der Waals surface area (Å²) in [4.78, 5) is 21.0. The largest absolute Gasteiger partial charge is 0.380 e. The Morgan fingerprint density at radius 2 is 2.08 bits per heavy atom. The number of pyridine rings is 1. The molecule has 0 bridgehead atoms. The van der Waals surface area contributed by atoms with Crippen LogP contribution in [0.25, 0.3) is 11.8 Å². The molecule has 0 unspecified atom stereocenters. The third-order valence-corrected chi connectivity index (χ3v) is 4.51. The number of nitrogens with zero attached hydrogens (tertiary/aromatic N) is 3. The molecule has 2 aromatic rings. The van der Waals surface area contributed by atoms with E-state index in [0.29, 0.717) is 19.8 Å². The van der Waals surface area contributed by atoms with Crippen molar-refractivity contribution in [2.45, 2.75) is 6.92 Å². The zero-order valence-corrected chi connectivity index (χ0v) is 13.8. The number of anilines is 2. The maximum Gasteiger partial charge on any atom is 0.258 e. The molecule has 3 heterocycles. The van der Waals surface area contributed by atoms with Crippen molar-refractivity contribution in [3.8, 4) is 0 Å². The van der Waals surface area contributed by atoms with Crippen molar-refractivity contribution in [2.24, 2.45) is 0 Å². The number of benzene rings is 1. The van der Waals surface area contributed by atoms with Crippen molar-refractivity contribution < 1.29 is 9.53 Å². The Hall–Kier alpha value is -2.66. The highest BCUT2D eigenvalue weighted by Gasteiger charge is 2.35. The van der Waals surface area contributed by atoms with E-state index in [9.17, 15) is 4.79 Å². The van der Waals surface area contributed by atoms with Gasteiger partial charge in [-0.25, -0.2) is 4.98 Å². The van der Waals surface area contributed by atoms with Crippen molar-refractivity contribution in [3.63, 3.8) is 0 Å². The van der Waals surface area contributed by atoms with E-state index in [1.807, 2.05) is 38.2 Å². The van der Waals surface area contributed by atoms with Gasteiger partial charge in [0.05, 0.1) is 23.6 Å². The summed E-state index contributed by atoms with van der Waals surface area (Å²) in [6, 6.07) is 9.83. The van der Waals surface area contributed by atoms with Crippen LogP contribution in [0.1, 0.15) is 28.4 Å². The number of rotatable bonds is 4. The zero-order valence-electron chi connectivity index (χ0n) is 13.8. The molecule has 1 amide bonds. The standard InChI is InChI=1S/C19H19N3O2/c1-3-24-11-10-22-15-8-4-7-14-17(15)16(21(2)19(14)23)12-13-6-5-9-20-18(13)22/h4-9,12H,3,10-11H2,1-2H3. The summed E-state index contributed by atoms with van der Waals surface area (Å²) in [6.45, 7) is 3.96. The second-order valence-corrected chi connectivity index (χ2v) is 5.86. The van der Waals surface area contributed by atoms with Crippen LogP contribution < -0.4 is 4.90 Å². The Morgan fingerprint density at radius 3 is 2.92 bits per heavy atom. The first-order valence-corrected chi connectivity index (χ1v) is 8.15. The van der Waals surface area contributed by atoms with E-state index < -0.39 is 0 Å². The summed E-state index contributed by atoms with van der Waals surface area (Å²) in [5.41, 5.74) is 4.68. The molecular weight excluding hydrogens is 302 g/mol. The maximum absolute atomic E-state index is 12.6. The van der Waals surface area contributed by atoms with E-state index in [4.69, 9.17) is 4.74 Å². The summed E-state index contributed by atoms with van der Waals surface area (Å²) in [5.74, 6) is 0.934. The first-order valence-electron chi connectivity index (χ1n) is 8.15. The number of hydrogen-bond acceptors (Lipinski definition) is 4. The Morgan fingerprint density at radius 1 is 1.21 bits per heavy atom. The minimum Gasteiger partial charge on any atom is -0.380 e. The predicted octanol–water partition coefficient (Wildman–Crippen LogP) is 3.15. The second-order valence-electron chi connectivity index (χ2n) is 5.86. The van der Waals surface area contributed by atoms with Crippen molar-refractivity contribution >= 4 is 29.2 Å². The van der Waals surface area contributed by atoms with Crippen LogP contribution in [0, 0.1) is 0 Å². The normalized spacial score (nSPS) is 15.1. The van der Waals surface area contributed by atoms with Gasteiger partial charge in [-0.1, -0.05) is 6.07 Å². The van der Waals surface area contributed by atoms with Crippen LogP contribution in [-0.4, -0.2) is 42.6 Å². The molecule has 1 aromatic carbocycles. The average molecular weight is 321 g/mol. The molecular formula is C19H19N3O2. The monoisotopic (exact) mass is 321 g/mol. The number of carbonyl (C=O) groups excluding carboxylic acids is 1. The van der Waals surface area contributed by atoms with Crippen LogP contribution in [0.3, 0.4) is 0 Å². The van der Waals surface area contributed by atoms with Crippen LogP contribution in [0.4, 0.5) is 11.5 Å². The minimum absolute atomic E-state index is 0.0372. The maximum atomic E-state index is 12.6. The molecule has 2 aliphatic heterocycles. The van der Waals surface area contributed by atoms with Crippen LogP contribution in [0.15, 0.2) is 36.5 Å². The lowest BCUT2D eigenvalue weighted by Gasteiger charge is -2.25. The van der Waals surface area contributed by atoms with Crippen molar-refractivity contribution in [1.29, 1.82) is 0 Å². The molecule has 0 N–H and O–H groups in total. The molecule has 0 fully saturated rings. The number of hydrogen-bond donors (Lipinski definition) is 0. The Labute approximate surface area is 141 Å². The van der Waals surface area contributed by atoms with Gasteiger partial charge in [-0.3, -0.25) is 4.79 Å². The predicted molar refractivity (Wildman–Crippen MR) is 94.1 cm³/mol. The van der Waals surface area contributed by atoms with Gasteiger partial charge >= 0.3 is 0 Å².